The van der Waals surface area contributed by atoms with Crippen molar-refractivity contribution >= 4 is 22.7 Å². The van der Waals surface area contributed by atoms with E-state index in [1.54, 1.807) is 24.3 Å². The minimum atomic E-state index is -0.319. The Bertz CT molecular complexity index is 1200. The first-order chi connectivity index (χ1) is 17.4. The first-order valence-electron chi connectivity index (χ1n) is 12.2. The van der Waals surface area contributed by atoms with E-state index in [4.69, 9.17) is 9.47 Å². The molecule has 36 heavy (non-hydrogen) atoms. The van der Waals surface area contributed by atoms with Crippen molar-refractivity contribution in [2.75, 3.05) is 46.0 Å². The maximum atomic E-state index is 13.1. The molecule has 2 aromatic carbocycles. The van der Waals surface area contributed by atoms with Gasteiger partial charge in [-0.1, -0.05) is 12.1 Å². The number of ether oxygens (including phenoxy) is 2. The minimum absolute atomic E-state index is 0.116. The van der Waals surface area contributed by atoms with Gasteiger partial charge >= 0.3 is 0 Å². The predicted molar refractivity (Wildman–Crippen MR) is 136 cm³/mol. The first-order valence-corrected chi connectivity index (χ1v) is 12.2. The molecule has 0 bridgehead atoms. The SMILES string of the molecule is Cc1c(C(=O)NCCCN2CCOCC2)c2cc(OCC(=O)NCc3ccc(F)cc3)ccc2n1C. The summed E-state index contributed by atoms with van der Waals surface area (Å²) in [6.07, 6.45) is 0.872. The number of aryl methyl sites for hydroxylation is 1. The number of rotatable bonds is 10. The third kappa shape index (κ3) is 6.41. The second kappa shape index (κ2) is 12.0. The fourth-order valence-electron chi connectivity index (χ4n) is 4.35. The normalized spacial score (nSPS) is 14.1. The van der Waals surface area contributed by atoms with E-state index in [2.05, 4.69) is 15.5 Å². The Labute approximate surface area is 210 Å². The number of benzene rings is 2. The molecule has 0 radical (unpaired) electrons. The van der Waals surface area contributed by atoms with Crippen LogP contribution in [0.2, 0.25) is 0 Å². The molecule has 0 saturated carbocycles. The first kappa shape index (κ1) is 25.7. The lowest BCUT2D eigenvalue weighted by Gasteiger charge is -2.26. The highest BCUT2D eigenvalue weighted by Gasteiger charge is 2.19. The van der Waals surface area contributed by atoms with E-state index in [1.165, 1.54) is 12.1 Å². The Kier molecular flexibility index (Phi) is 8.56. The average Bonchev–Trinajstić information content (AvgIpc) is 3.14. The third-order valence-electron chi connectivity index (χ3n) is 6.50. The summed E-state index contributed by atoms with van der Waals surface area (Å²) in [4.78, 5) is 27.6. The van der Waals surface area contributed by atoms with Gasteiger partial charge in [0.25, 0.3) is 11.8 Å². The summed E-state index contributed by atoms with van der Waals surface area (Å²) in [6, 6.07) is 11.4. The van der Waals surface area contributed by atoms with Crippen LogP contribution in [0.25, 0.3) is 10.9 Å². The zero-order valence-electron chi connectivity index (χ0n) is 20.8. The topological polar surface area (TPSA) is 84.8 Å². The second-order valence-electron chi connectivity index (χ2n) is 8.95. The van der Waals surface area contributed by atoms with Crippen LogP contribution in [0.3, 0.4) is 0 Å². The summed E-state index contributed by atoms with van der Waals surface area (Å²) in [5, 5.41) is 6.59. The molecule has 192 valence electrons. The lowest BCUT2D eigenvalue weighted by Crippen LogP contribution is -2.38. The molecule has 3 aromatic rings. The molecule has 2 heterocycles. The highest BCUT2D eigenvalue weighted by molar-refractivity contribution is 6.08. The summed E-state index contributed by atoms with van der Waals surface area (Å²) in [5.74, 6) is -0.219. The summed E-state index contributed by atoms with van der Waals surface area (Å²) in [6.45, 7) is 6.97. The van der Waals surface area contributed by atoms with Gasteiger partial charge in [-0.05, 0) is 55.8 Å². The van der Waals surface area contributed by atoms with Gasteiger partial charge in [0.1, 0.15) is 11.6 Å². The minimum Gasteiger partial charge on any atom is -0.484 e. The molecular formula is C27H33FN4O4. The van der Waals surface area contributed by atoms with Gasteiger partial charge in [0.05, 0.1) is 18.8 Å². The van der Waals surface area contributed by atoms with Crippen LogP contribution in [-0.2, 0) is 23.1 Å². The lowest BCUT2D eigenvalue weighted by molar-refractivity contribution is -0.123. The van der Waals surface area contributed by atoms with E-state index in [9.17, 15) is 14.0 Å². The Morgan fingerprint density at radius 1 is 1.08 bits per heavy atom. The molecule has 1 saturated heterocycles. The highest BCUT2D eigenvalue weighted by Crippen LogP contribution is 2.28. The number of fused-ring (bicyclic) bond motifs is 1. The van der Waals surface area contributed by atoms with Crippen LogP contribution in [0.1, 0.15) is 28.0 Å². The van der Waals surface area contributed by atoms with E-state index in [1.807, 2.05) is 24.6 Å². The van der Waals surface area contributed by atoms with Crippen LogP contribution in [0, 0.1) is 12.7 Å². The molecule has 0 unspecified atom stereocenters. The summed E-state index contributed by atoms with van der Waals surface area (Å²) in [7, 11) is 1.93. The maximum Gasteiger partial charge on any atom is 0.258 e. The van der Waals surface area contributed by atoms with Crippen molar-refractivity contribution in [3.8, 4) is 5.75 Å². The number of morpholine rings is 1. The zero-order chi connectivity index (χ0) is 25.5. The van der Waals surface area contributed by atoms with Gasteiger partial charge in [0, 0.05) is 49.8 Å². The molecule has 1 fully saturated rings. The van der Waals surface area contributed by atoms with Crippen LogP contribution >= 0.6 is 0 Å². The molecule has 0 spiro atoms. The van der Waals surface area contributed by atoms with Gasteiger partial charge < -0.3 is 24.7 Å². The molecule has 1 aliphatic heterocycles. The molecule has 2 amide bonds. The van der Waals surface area contributed by atoms with E-state index >= 15 is 0 Å². The molecule has 0 atom stereocenters. The monoisotopic (exact) mass is 496 g/mol. The molecule has 9 heteroatoms. The molecule has 0 aliphatic carbocycles. The fourth-order valence-corrected chi connectivity index (χ4v) is 4.35. The Balaban J connectivity index is 1.34. The lowest BCUT2D eigenvalue weighted by atomic mass is 10.1. The number of hydrogen-bond acceptors (Lipinski definition) is 5. The van der Waals surface area contributed by atoms with Crippen molar-refractivity contribution in [3.05, 3.63) is 65.1 Å². The van der Waals surface area contributed by atoms with Crippen LogP contribution < -0.4 is 15.4 Å². The highest BCUT2D eigenvalue weighted by atomic mass is 19.1. The standard InChI is InChI=1S/C27H33FN4O4/c1-19-26(27(34)29-10-3-11-32-12-14-35-15-13-32)23-16-22(8-9-24(23)31(19)2)36-18-25(33)30-17-20-4-6-21(28)7-5-20/h4-9,16H,3,10-15,17-18H2,1-2H3,(H,29,34)(H,30,33). The number of halogens is 1. The van der Waals surface area contributed by atoms with E-state index in [0.29, 0.717) is 17.9 Å². The van der Waals surface area contributed by atoms with Crippen molar-refractivity contribution in [2.24, 2.45) is 7.05 Å². The maximum absolute atomic E-state index is 13.1. The van der Waals surface area contributed by atoms with Gasteiger partial charge in [-0.15, -0.1) is 0 Å². The van der Waals surface area contributed by atoms with Gasteiger partial charge in [0.2, 0.25) is 0 Å². The van der Waals surface area contributed by atoms with Gasteiger partial charge in [0.15, 0.2) is 6.61 Å². The number of amides is 2. The smallest absolute Gasteiger partial charge is 0.258 e. The van der Waals surface area contributed by atoms with Crippen LogP contribution in [0.5, 0.6) is 5.75 Å². The van der Waals surface area contributed by atoms with Crippen LogP contribution in [0.4, 0.5) is 4.39 Å². The Morgan fingerprint density at radius 3 is 2.58 bits per heavy atom. The quantitative estimate of drug-likeness (QED) is 0.422. The van der Waals surface area contributed by atoms with Crippen molar-refractivity contribution in [3.63, 3.8) is 0 Å². The number of carbonyl (C=O) groups excluding carboxylic acids is 2. The zero-order valence-corrected chi connectivity index (χ0v) is 20.8. The van der Waals surface area contributed by atoms with Crippen molar-refractivity contribution in [2.45, 2.75) is 19.9 Å². The molecule has 4 rings (SSSR count). The fraction of sp³-hybridized carbons (Fsp3) is 0.407. The van der Waals surface area contributed by atoms with Crippen molar-refractivity contribution in [1.82, 2.24) is 20.1 Å². The number of carbonyl (C=O) groups is 2. The van der Waals surface area contributed by atoms with E-state index in [0.717, 1.165) is 61.4 Å². The van der Waals surface area contributed by atoms with Gasteiger partial charge in [-0.2, -0.15) is 0 Å². The van der Waals surface area contributed by atoms with Crippen LogP contribution in [0.15, 0.2) is 42.5 Å². The molecule has 1 aromatic heterocycles. The van der Waals surface area contributed by atoms with Crippen LogP contribution in [-0.4, -0.2) is 67.3 Å². The molecule has 8 nitrogen and oxygen atoms in total. The van der Waals surface area contributed by atoms with Crippen molar-refractivity contribution in [1.29, 1.82) is 0 Å². The molecule has 1 aliphatic rings. The predicted octanol–water partition coefficient (Wildman–Crippen LogP) is 2.77. The number of hydrogen-bond donors (Lipinski definition) is 2. The van der Waals surface area contributed by atoms with Gasteiger partial charge in [-0.25, -0.2) is 4.39 Å². The summed E-state index contributed by atoms with van der Waals surface area (Å²) >= 11 is 0. The largest absolute Gasteiger partial charge is 0.484 e. The second-order valence-corrected chi connectivity index (χ2v) is 8.95. The Morgan fingerprint density at radius 2 is 1.83 bits per heavy atom. The summed E-state index contributed by atoms with van der Waals surface area (Å²) in [5.41, 5.74) is 3.19. The van der Waals surface area contributed by atoms with E-state index < -0.39 is 0 Å². The number of nitrogens with one attached hydrogen (secondary N) is 2. The molecular weight excluding hydrogens is 463 g/mol. The van der Waals surface area contributed by atoms with Gasteiger partial charge in [-0.3, -0.25) is 14.5 Å². The summed E-state index contributed by atoms with van der Waals surface area (Å²) < 4.78 is 26.1. The Hall–Kier alpha value is -3.43. The molecule has 2 N–H and O–H groups in total. The number of nitrogens with zero attached hydrogens (tertiary/aromatic N) is 2. The third-order valence-corrected chi connectivity index (χ3v) is 6.50. The number of aromatic nitrogens is 1. The van der Waals surface area contributed by atoms with E-state index in [-0.39, 0.29) is 30.8 Å². The average molecular weight is 497 g/mol. The van der Waals surface area contributed by atoms with Crippen molar-refractivity contribution < 1.29 is 23.5 Å².